The molecule has 3 aromatic rings. The first-order valence-electron chi connectivity index (χ1n) is 11.0. The maximum absolute atomic E-state index is 12.6. The number of hydrogen-bond donors (Lipinski definition) is 1. The molecule has 1 N–H and O–H groups in total. The van der Waals surface area contributed by atoms with Crippen molar-refractivity contribution in [2.24, 2.45) is 0 Å². The van der Waals surface area contributed by atoms with Gasteiger partial charge in [-0.1, -0.05) is 30.3 Å². The molecule has 0 unspecified atom stereocenters. The number of nitrogens with zero attached hydrogens (tertiary/aromatic N) is 3. The number of carbonyl (C=O) groups is 1. The van der Waals surface area contributed by atoms with Crippen LogP contribution < -0.4 is 15.0 Å². The maximum Gasteiger partial charge on any atom is 0.269 e. The Balaban J connectivity index is 1.35. The topological polar surface area (TPSA) is 57.7 Å². The second kappa shape index (κ2) is 10.3. The highest BCUT2D eigenvalue weighted by Crippen LogP contribution is 2.23. The van der Waals surface area contributed by atoms with Gasteiger partial charge in [-0.15, -0.1) is 0 Å². The van der Waals surface area contributed by atoms with Crippen molar-refractivity contribution in [1.29, 1.82) is 0 Å². The molecule has 166 valence electrons. The van der Waals surface area contributed by atoms with Crippen LogP contribution in [0, 0.1) is 0 Å². The summed E-state index contributed by atoms with van der Waals surface area (Å²) in [6.45, 7) is 4.80. The number of methoxy groups -OCH3 is 1. The van der Waals surface area contributed by atoms with Gasteiger partial charge in [0.05, 0.1) is 12.8 Å². The van der Waals surface area contributed by atoms with Gasteiger partial charge in [-0.3, -0.25) is 4.79 Å². The Kier molecular flexibility index (Phi) is 7.02. The molecule has 1 aliphatic heterocycles. The third kappa shape index (κ3) is 5.45. The molecule has 0 saturated carbocycles. The minimum absolute atomic E-state index is 0.158. The smallest absolute Gasteiger partial charge is 0.269 e. The minimum atomic E-state index is -0.158. The lowest BCUT2D eigenvalue weighted by molar-refractivity contribution is 0.0949. The van der Waals surface area contributed by atoms with Gasteiger partial charge in [0, 0.05) is 44.0 Å². The summed E-state index contributed by atoms with van der Waals surface area (Å²) in [6.07, 6.45) is 0.753. The van der Waals surface area contributed by atoms with Crippen LogP contribution in [0.2, 0.25) is 0 Å². The van der Waals surface area contributed by atoms with Crippen LogP contribution in [-0.4, -0.2) is 62.7 Å². The molecule has 2 heterocycles. The molecule has 1 saturated heterocycles. The van der Waals surface area contributed by atoms with Crippen molar-refractivity contribution < 1.29 is 9.53 Å². The van der Waals surface area contributed by atoms with E-state index in [2.05, 4.69) is 51.4 Å². The molecule has 32 heavy (non-hydrogen) atoms. The fourth-order valence-electron chi connectivity index (χ4n) is 3.83. The Labute approximate surface area is 189 Å². The molecular weight excluding hydrogens is 400 g/mol. The van der Waals surface area contributed by atoms with Gasteiger partial charge in [-0.25, -0.2) is 4.98 Å². The predicted molar refractivity (Wildman–Crippen MR) is 128 cm³/mol. The number of anilines is 1. The summed E-state index contributed by atoms with van der Waals surface area (Å²) >= 11 is 0. The average molecular weight is 431 g/mol. The van der Waals surface area contributed by atoms with Crippen LogP contribution in [-0.2, 0) is 6.42 Å². The average Bonchev–Trinajstić information content (AvgIpc) is 2.85. The van der Waals surface area contributed by atoms with Gasteiger partial charge in [0.1, 0.15) is 11.4 Å². The molecule has 4 rings (SSSR count). The molecule has 2 aromatic carbocycles. The summed E-state index contributed by atoms with van der Waals surface area (Å²) in [4.78, 5) is 22.0. The van der Waals surface area contributed by atoms with Crippen LogP contribution in [0.15, 0.2) is 66.7 Å². The van der Waals surface area contributed by atoms with Crippen LogP contribution in [0.5, 0.6) is 5.75 Å². The number of nitrogens with one attached hydrogen (secondary N) is 1. The largest absolute Gasteiger partial charge is 0.497 e. The molecule has 1 aliphatic rings. The lowest BCUT2D eigenvalue weighted by Gasteiger charge is -2.34. The zero-order valence-corrected chi connectivity index (χ0v) is 18.8. The lowest BCUT2D eigenvalue weighted by atomic mass is 10.1. The first kappa shape index (κ1) is 21.8. The summed E-state index contributed by atoms with van der Waals surface area (Å²) in [5.74, 6) is 0.671. The van der Waals surface area contributed by atoms with Gasteiger partial charge in [-0.2, -0.15) is 0 Å². The fourth-order valence-corrected chi connectivity index (χ4v) is 3.83. The Morgan fingerprint density at radius 1 is 0.969 bits per heavy atom. The zero-order chi connectivity index (χ0) is 22.3. The number of piperazine rings is 1. The van der Waals surface area contributed by atoms with Crippen molar-refractivity contribution in [2.45, 2.75) is 6.42 Å². The Hall–Kier alpha value is -3.38. The highest BCUT2D eigenvalue weighted by molar-refractivity contribution is 5.92. The van der Waals surface area contributed by atoms with Crippen LogP contribution in [0.3, 0.4) is 0 Å². The highest BCUT2D eigenvalue weighted by Gasteiger charge is 2.14. The normalized spacial score (nSPS) is 14.2. The maximum atomic E-state index is 12.6. The van der Waals surface area contributed by atoms with Gasteiger partial charge in [0.2, 0.25) is 0 Å². The molecule has 0 atom stereocenters. The molecule has 0 bridgehead atoms. The van der Waals surface area contributed by atoms with Crippen molar-refractivity contribution in [1.82, 2.24) is 15.2 Å². The number of likely N-dealkylation sites (N-methyl/N-ethyl adjacent to an activating group) is 1. The first-order chi connectivity index (χ1) is 15.6. The number of carbonyl (C=O) groups excluding carboxylic acids is 1. The minimum Gasteiger partial charge on any atom is -0.497 e. The molecular formula is C26H30N4O2. The number of pyridine rings is 1. The number of benzene rings is 2. The highest BCUT2D eigenvalue weighted by atomic mass is 16.5. The molecule has 1 aromatic heterocycles. The van der Waals surface area contributed by atoms with Crippen molar-refractivity contribution in [3.05, 3.63) is 78.0 Å². The van der Waals surface area contributed by atoms with Crippen LogP contribution in [0.1, 0.15) is 16.1 Å². The number of rotatable bonds is 7. The number of hydrogen-bond acceptors (Lipinski definition) is 5. The van der Waals surface area contributed by atoms with E-state index in [-0.39, 0.29) is 5.91 Å². The van der Waals surface area contributed by atoms with E-state index in [9.17, 15) is 4.79 Å². The summed E-state index contributed by atoms with van der Waals surface area (Å²) in [7, 11) is 3.81. The molecule has 6 heteroatoms. The van der Waals surface area contributed by atoms with Crippen molar-refractivity contribution in [3.8, 4) is 17.0 Å². The first-order valence-corrected chi connectivity index (χ1v) is 11.0. The van der Waals surface area contributed by atoms with Crippen LogP contribution in [0.4, 0.5) is 5.69 Å². The van der Waals surface area contributed by atoms with E-state index in [1.807, 2.05) is 36.4 Å². The summed E-state index contributed by atoms with van der Waals surface area (Å²) in [6, 6.07) is 21.9. The van der Waals surface area contributed by atoms with Gasteiger partial charge in [0.25, 0.3) is 5.91 Å². The third-order valence-electron chi connectivity index (χ3n) is 5.87. The van der Waals surface area contributed by atoms with E-state index in [0.29, 0.717) is 12.2 Å². The number of ether oxygens (including phenoxy) is 1. The number of amides is 1. The summed E-state index contributed by atoms with van der Waals surface area (Å²) in [5, 5.41) is 2.97. The summed E-state index contributed by atoms with van der Waals surface area (Å²) in [5.41, 5.74) is 4.62. The molecule has 1 fully saturated rings. The van der Waals surface area contributed by atoms with E-state index < -0.39 is 0 Å². The van der Waals surface area contributed by atoms with E-state index in [1.165, 1.54) is 5.69 Å². The van der Waals surface area contributed by atoms with E-state index in [0.717, 1.165) is 55.2 Å². The Bertz CT molecular complexity index is 1030. The van der Waals surface area contributed by atoms with Crippen molar-refractivity contribution >= 4 is 11.6 Å². The standard InChI is InChI=1S/C26H30N4O2/c1-29-16-18-30(19-17-29)22-10-8-21(9-11-22)24-4-3-5-25(28-24)26(31)27-15-14-20-6-12-23(32-2)13-7-20/h3-13H,14-19H2,1-2H3,(H,27,31). The quantitative estimate of drug-likeness (QED) is 0.622. The second-order valence-corrected chi connectivity index (χ2v) is 8.10. The van der Waals surface area contributed by atoms with E-state index in [4.69, 9.17) is 4.74 Å². The molecule has 6 nitrogen and oxygen atoms in total. The van der Waals surface area contributed by atoms with Gasteiger partial charge < -0.3 is 19.9 Å². The van der Waals surface area contributed by atoms with Crippen LogP contribution >= 0.6 is 0 Å². The SMILES string of the molecule is COc1ccc(CCNC(=O)c2cccc(-c3ccc(N4CCN(C)CC4)cc3)n2)cc1. The van der Waals surface area contributed by atoms with Crippen molar-refractivity contribution in [3.63, 3.8) is 0 Å². The van der Waals surface area contributed by atoms with Gasteiger partial charge in [-0.05, 0) is 55.4 Å². The van der Waals surface area contributed by atoms with E-state index >= 15 is 0 Å². The number of aromatic nitrogens is 1. The molecule has 0 aliphatic carbocycles. The van der Waals surface area contributed by atoms with Crippen LogP contribution in [0.25, 0.3) is 11.3 Å². The van der Waals surface area contributed by atoms with Gasteiger partial charge >= 0.3 is 0 Å². The van der Waals surface area contributed by atoms with Gasteiger partial charge in [0.15, 0.2) is 0 Å². The predicted octanol–water partition coefficient (Wildman–Crippen LogP) is 3.48. The molecule has 0 spiro atoms. The zero-order valence-electron chi connectivity index (χ0n) is 18.8. The monoisotopic (exact) mass is 430 g/mol. The lowest BCUT2D eigenvalue weighted by Crippen LogP contribution is -2.44. The Morgan fingerprint density at radius 3 is 2.38 bits per heavy atom. The molecule has 0 radical (unpaired) electrons. The fraction of sp³-hybridized carbons (Fsp3) is 0.308. The molecule has 1 amide bonds. The van der Waals surface area contributed by atoms with E-state index in [1.54, 1.807) is 13.2 Å². The Morgan fingerprint density at radius 2 is 1.69 bits per heavy atom. The van der Waals surface area contributed by atoms with Crippen molar-refractivity contribution in [2.75, 3.05) is 51.8 Å². The second-order valence-electron chi connectivity index (χ2n) is 8.10. The third-order valence-corrected chi connectivity index (χ3v) is 5.87. The summed E-state index contributed by atoms with van der Waals surface area (Å²) < 4.78 is 5.18.